The number of thioether (sulfide) groups is 1. The molecule has 3 aromatic rings. The maximum atomic E-state index is 12.5. The monoisotopic (exact) mass is 489 g/mol. The van der Waals surface area contributed by atoms with Crippen LogP contribution in [0.1, 0.15) is 17.3 Å². The van der Waals surface area contributed by atoms with Gasteiger partial charge in [0.15, 0.2) is 0 Å². The number of non-ortho nitro benzene ring substituents is 1. The Morgan fingerprint density at radius 3 is 2.38 bits per heavy atom. The Bertz CT molecular complexity index is 1170. The lowest BCUT2D eigenvalue weighted by molar-refractivity contribution is -0.384. The van der Waals surface area contributed by atoms with Gasteiger partial charge in [0, 0.05) is 33.3 Å². The molecule has 164 valence electrons. The molecule has 0 saturated carbocycles. The largest absolute Gasteiger partial charge is 0.324 e. The van der Waals surface area contributed by atoms with Gasteiger partial charge in [0.05, 0.1) is 20.9 Å². The summed E-state index contributed by atoms with van der Waals surface area (Å²) in [6.07, 6.45) is 0. The Balaban J connectivity index is 1.63. The van der Waals surface area contributed by atoms with E-state index in [-0.39, 0.29) is 11.6 Å². The van der Waals surface area contributed by atoms with Crippen LogP contribution in [0, 0.1) is 10.1 Å². The maximum Gasteiger partial charge on any atom is 0.269 e. The maximum absolute atomic E-state index is 12.5. The molecule has 0 bridgehead atoms. The first-order valence-corrected chi connectivity index (χ1v) is 10.9. The van der Waals surface area contributed by atoms with Crippen molar-refractivity contribution in [3.05, 3.63) is 92.5 Å². The van der Waals surface area contributed by atoms with Gasteiger partial charge >= 0.3 is 0 Å². The molecule has 1 atom stereocenters. The first-order valence-electron chi connectivity index (χ1n) is 9.31. The molecule has 7 nitrogen and oxygen atoms in total. The van der Waals surface area contributed by atoms with Crippen LogP contribution in [0.4, 0.5) is 17.1 Å². The van der Waals surface area contributed by atoms with Crippen molar-refractivity contribution in [2.75, 3.05) is 10.6 Å². The number of nitrogens with one attached hydrogen (secondary N) is 2. The third kappa shape index (κ3) is 6.23. The first-order chi connectivity index (χ1) is 15.2. The number of hydrogen-bond acceptors (Lipinski definition) is 5. The van der Waals surface area contributed by atoms with Crippen molar-refractivity contribution in [3.8, 4) is 0 Å². The molecule has 3 aromatic carbocycles. The Kier molecular flexibility index (Phi) is 7.74. The molecule has 2 amide bonds. The standard InChI is InChI=1S/C22H17Cl2N3O4S/c1-13(21(28)26-20-10-7-15(23)11-19(20)24)32-18-4-2-3-16(12-18)25-22(29)14-5-8-17(9-6-14)27(30)31/h2-13H,1H3,(H,25,29)(H,26,28). The average molecular weight is 490 g/mol. The van der Waals surface area contributed by atoms with Crippen molar-refractivity contribution in [2.24, 2.45) is 0 Å². The molecule has 0 aliphatic heterocycles. The fraction of sp³-hybridized carbons (Fsp3) is 0.0909. The summed E-state index contributed by atoms with van der Waals surface area (Å²) in [5, 5.41) is 16.6. The summed E-state index contributed by atoms with van der Waals surface area (Å²) >= 11 is 13.3. The molecule has 0 radical (unpaired) electrons. The second-order valence-electron chi connectivity index (χ2n) is 6.66. The number of benzene rings is 3. The van der Waals surface area contributed by atoms with Crippen molar-refractivity contribution < 1.29 is 14.5 Å². The van der Waals surface area contributed by atoms with Gasteiger partial charge < -0.3 is 10.6 Å². The highest BCUT2D eigenvalue weighted by Gasteiger charge is 2.17. The van der Waals surface area contributed by atoms with E-state index in [1.165, 1.54) is 36.0 Å². The number of anilines is 2. The molecule has 10 heteroatoms. The lowest BCUT2D eigenvalue weighted by Gasteiger charge is -2.14. The Labute approximate surface area is 198 Å². The van der Waals surface area contributed by atoms with Gasteiger partial charge in [-0.1, -0.05) is 29.3 Å². The summed E-state index contributed by atoms with van der Waals surface area (Å²) in [4.78, 5) is 35.9. The van der Waals surface area contributed by atoms with Gasteiger partial charge in [-0.25, -0.2) is 0 Å². The summed E-state index contributed by atoms with van der Waals surface area (Å²) in [6, 6.07) is 17.2. The molecule has 2 N–H and O–H groups in total. The Morgan fingerprint density at radius 1 is 1.00 bits per heavy atom. The minimum absolute atomic E-state index is 0.0906. The van der Waals surface area contributed by atoms with Crippen LogP contribution >= 0.6 is 35.0 Å². The van der Waals surface area contributed by atoms with E-state index >= 15 is 0 Å². The second-order valence-corrected chi connectivity index (χ2v) is 8.92. The van der Waals surface area contributed by atoms with Gasteiger partial charge in [-0.05, 0) is 55.5 Å². The van der Waals surface area contributed by atoms with Crippen LogP contribution in [0.3, 0.4) is 0 Å². The van der Waals surface area contributed by atoms with Gasteiger partial charge in [-0.15, -0.1) is 11.8 Å². The number of carbonyl (C=O) groups excluding carboxylic acids is 2. The van der Waals surface area contributed by atoms with E-state index in [2.05, 4.69) is 10.6 Å². The van der Waals surface area contributed by atoms with E-state index in [0.717, 1.165) is 4.90 Å². The molecule has 0 spiro atoms. The normalized spacial score (nSPS) is 11.5. The van der Waals surface area contributed by atoms with Crippen LogP contribution in [-0.2, 0) is 4.79 Å². The topological polar surface area (TPSA) is 101 Å². The molecule has 0 saturated heterocycles. The predicted octanol–water partition coefficient (Wildman–Crippen LogP) is 6.27. The third-order valence-electron chi connectivity index (χ3n) is 4.30. The molecule has 0 heterocycles. The fourth-order valence-electron chi connectivity index (χ4n) is 2.67. The number of hydrogen-bond donors (Lipinski definition) is 2. The van der Waals surface area contributed by atoms with Gasteiger partial charge in [0.2, 0.25) is 5.91 Å². The van der Waals surface area contributed by atoms with Crippen molar-refractivity contribution >= 4 is 63.8 Å². The van der Waals surface area contributed by atoms with E-state index in [1.807, 2.05) is 6.07 Å². The SMILES string of the molecule is CC(Sc1cccc(NC(=O)c2ccc([N+](=O)[O-])cc2)c1)C(=O)Nc1ccc(Cl)cc1Cl. The fourth-order valence-corrected chi connectivity index (χ4v) is 4.05. The van der Waals surface area contributed by atoms with Crippen LogP contribution in [0.25, 0.3) is 0 Å². The molecule has 0 aliphatic carbocycles. The third-order valence-corrected chi connectivity index (χ3v) is 5.94. The zero-order valence-electron chi connectivity index (χ0n) is 16.7. The highest BCUT2D eigenvalue weighted by atomic mass is 35.5. The highest BCUT2D eigenvalue weighted by Crippen LogP contribution is 2.29. The Morgan fingerprint density at radius 2 is 1.72 bits per heavy atom. The number of nitro groups is 1. The van der Waals surface area contributed by atoms with Gasteiger partial charge in [-0.3, -0.25) is 19.7 Å². The summed E-state index contributed by atoms with van der Waals surface area (Å²) in [6.45, 7) is 1.76. The lowest BCUT2D eigenvalue weighted by Crippen LogP contribution is -2.22. The van der Waals surface area contributed by atoms with Crippen molar-refractivity contribution in [3.63, 3.8) is 0 Å². The lowest BCUT2D eigenvalue weighted by atomic mass is 10.2. The quantitative estimate of drug-likeness (QED) is 0.231. The van der Waals surface area contributed by atoms with Crippen molar-refractivity contribution in [1.82, 2.24) is 0 Å². The van der Waals surface area contributed by atoms with E-state index in [0.29, 0.717) is 27.0 Å². The molecule has 3 rings (SSSR count). The zero-order valence-corrected chi connectivity index (χ0v) is 19.0. The Hall–Kier alpha value is -3.07. The van der Waals surface area contributed by atoms with E-state index in [4.69, 9.17) is 23.2 Å². The molecule has 32 heavy (non-hydrogen) atoms. The zero-order chi connectivity index (χ0) is 23.3. The summed E-state index contributed by atoms with van der Waals surface area (Å²) in [7, 11) is 0. The van der Waals surface area contributed by atoms with Crippen LogP contribution in [0.5, 0.6) is 0 Å². The molecule has 0 fully saturated rings. The summed E-state index contributed by atoms with van der Waals surface area (Å²) in [5.41, 5.74) is 1.21. The van der Waals surface area contributed by atoms with E-state index < -0.39 is 16.1 Å². The van der Waals surface area contributed by atoms with Crippen molar-refractivity contribution in [1.29, 1.82) is 0 Å². The number of amides is 2. The van der Waals surface area contributed by atoms with Crippen LogP contribution in [0.15, 0.2) is 71.6 Å². The molecule has 0 aliphatic rings. The minimum atomic E-state index is -0.527. The van der Waals surface area contributed by atoms with Crippen LogP contribution < -0.4 is 10.6 Å². The first kappa shape index (κ1) is 23.6. The molecular formula is C22H17Cl2N3O4S. The average Bonchev–Trinajstić information content (AvgIpc) is 2.76. The summed E-state index contributed by atoms with van der Waals surface area (Å²) in [5.74, 6) is -0.634. The van der Waals surface area contributed by atoms with Crippen LogP contribution in [0.2, 0.25) is 10.0 Å². The molecule has 0 aromatic heterocycles. The number of carbonyl (C=O) groups is 2. The van der Waals surface area contributed by atoms with Gasteiger partial charge in [0.25, 0.3) is 11.6 Å². The van der Waals surface area contributed by atoms with Gasteiger partial charge in [-0.2, -0.15) is 0 Å². The number of nitrogens with zero attached hydrogens (tertiary/aromatic N) is 1. The van der Waals surface area contributed by atoms with E-state index in [9.17, 15) is 19.7 Å². The highest BCUT2D eigenvalue weighted by molar-refractivity contribution is 8.00. The minimum Gasteiger partial charge on any atom is -0.324 e. The molecular weight excluding hydrogens is 473 g/mol. The second kappa shape index (κ2) is 10.5. The number of halogens is 2. The smallest absolute Gasteiger partial charge is 0.269 e. The van der Waals surface area contributed by atoms with Crippen LogP contribution in [-0.4, -0.2) is 22.0 Å². The van der Waals surface area contributed by atoms with E-state index in [1.54, 1.807) is 43.3 Å². The predicted molar refractivity (Wildman–Crippen MR) is 128 cm³/mol. The molecule has 1 unspecified atom stereocenters. The van der Waals surface area contributed by atoms with Gasteiger partial charge in [0.1, 0.15) is 0 Å². The summed E-state index contributed by atoms with van der Waals surface area (Å²) < 4.78 is 0. The number of rotatable bonds is 7. The van der Waals surface area contributed by atoms with Crippen molar-refractivity contribution in [2.45, 2.75) is 17.1 Å². The number of nitro benzene ring substituents is 1.